The minimum Gasteiger partial charge on any atom is -0.456 e. The SMILES string of the molecule is CCC1CC2CCCC(C1)C21c2ccccc2-c2cccc(N(c3ccc4c(c3)C3(CCCCC3)c3ccccc3-4)c3ccc4c(c3)oc3ccccc34)c21. The molecule has 12 rings (SSSR count). The first-order valence-corrected chi connectivity index (χ1v) is 21.4. The Bertz CT molecular complexity index is 2640. The number of benzene rings is 6. The van der Waals surface area contributed by atoms with Crippen molar-refractivity contribution >= 4 is 39.0 Å². The predicted octanol–water partition coefficient (Wildman–Crippen LogP) is 14.8. The minimum atomic E-state index is 0.0196. The van der Waals surface area contributed by atoms with Gasteiger partial charge >= 0.3 is 0 Å². The standard InChI is InChI=1S/C53H49NO/c1-2-34-30-35-14-12-15-36(31-34)53(35)46-21-8-5-17-40(46)44-19-13-22-48(51(44)53)54(38-25-27-43-42-18-6-9-23-49(42)55-50(43)33-38)37-24-26-41-39-16-4-7-20-45(39)52(47(41)32-37)28-10-3-11-29-52/h4-9,13,16-27,32-36H,2-3,10-12,14-15,28-31H2,1H3. The van der Waals surface area contributed by atoms with E-state index in [9.17, 15) is 0 Å². The maximum atomic E-state index is 6.63. The smallest absolute Gasteiger partial charge is 0.137 e. The molecule has 3 fully saturated rings. The van der Waals surface area contributed by atoms with E-state index >= 15 is 0 Å². The molecule has 0 N–H and O–H groups in total. The summed E-state index contributed by atoms with van der Waals surface area (Å²) in [5.41, 5.74) is 17.8. The first kappa shape index (κ1) is 32.2. The van der Waals surface area contributed by atoms with E-state index in [2.05, 4.69) is 139 Å². The molecule has 1 heterocycles. The molecule has 2 bridgehead atoms. The first-order chi connectivity index (χ1) is 27.2. The van der Waals surface area contributed by atoms with Gasteiger partial charge in [-0.05, 0) is 137 Å². The highest BCUT2D eigenvalue weighted by molar-refractivity contribution is 6.06. The summed E-state index contributed by atoms with van der Waals surface area (Å²) in [6, 6.07) is 49.1. The number of furan rings is 1. The Morgan fingerprint density at radius 2 is 1.22 bits per heavy atom. The van der Waals surface area contributed by atoms with Crippen molar-refractivity contribution in [2.75, 3.05) is 4.90 Å². The summed E-state index contributed by atoms with van der Waals surface area (Å²) in [6.45, 7) is 2.43. The van der Waals surface area contributed by atoms with Gasteiger partial charge in [-0.15, -0.1) is 0 Å². The Balaban J connectivity index is 1.13. The molecule has 2 nitrogen and oxygen atoms in total. The fourth-order valence-electron chi connectivity index (χ4n) is 13.2. The van der Waals surface area contributed by atoms with Crippen molar-refractivity contribution in [2.45, 2.75) is 88.4 Å². The quantitative estimate of drug-likeness (QED) is 0.180. The predicted molar refractivity (Wildman–Crippen MR) is 228 cm³/mol. The highest BCUT2D eigenvalue weighted by Gasteiger charge is 2.58. The summed E-state index contributed by atoms with van der Waals surface area (Å²) in [5.74, 6) is 2.11. The van der Waals surface area contributed by atoms with Gasteiger partial charge in [0.1, 0.15) is 11.2 Å². The van der Waals surface area contributed by atoms with Gasteiger partial charge in [-0.3, -0.25) is 0 Å². The van der Waals surface area contributed by atoms with Crippen molar-refractivity contribution in [1.82, 2.24) is 0 Å². The number of hydrogen-bond acceptors (Lipinski definition) is 2. The Kier molecular flexibility index (Phi) is 7.00. The lowest BCUT2D eigenvalue weighted by Gasteiger charge is -2.55. The highest BCUT2D eigenvalue weighted by atomic mass is 16.3. The van der Waals surface area contributed by atoms with E-state index in [-0.39, 0.29) is 10.8 Å². The monoisotopic (exact) mass is 715 g/mol. The second-order valence-electron chi connectivity index (χ2n) is 17.7. The van der Waals surface area contributed by atoms with Crippen molar-refractivity contribution < 1.29 is 4.42 Å². The molecular weight excluding hydrogens is 667 g/mol. The summed E-state index contributed by atoms with van der Waals surface area (Å²) < 4.78 is 6.63. The van der Waals surface area contributed by atoms with Crippen molar-refractivity contribution in [1.29, 1.82) is 0 Å². The van der Waals surface area contributed by atoms with Crippen LogP contribution in [0.2, 0.25) is 0 Å². The summed E-state index contributed by atoms with van der Waals surface area (Å²) in [7, 11) is 0. The number of anilines is 3. The van der Waals surface area contributed by atoms with Crippen LogP contribution >= 0.6 is 0 Å². The average molecular weight is 716 g/mol. The van der Waals surface area contributed by atoms with Gasteiger partial charge in [-0.2, -0.15) is 0 Å². The van der Waals surface area contributed by atoms with Crippen LogP contribution in [0, 0.1) is 17.8 Å². The van der Waals surface area contributed by atoms with E-state index in [1.54, 1.807) is 16.7 Å². The van der Waals surface area contributed by atoms with Crippen molar-refractivity contribution in [2.24, 2.45) is 17.8 Å². The number of nitrogens with zero attached hydrogens (tertiary/aromatic N) is 1. The van der Waals surface area contributed by atoms with Crippen LogP contribution in [0.3, 0.4) is 0 Å². The van der Waals surface area contributed by atoms with E-state index < -0.39 is 0 Å². The van der Waals surface area contributed by atoms with Crippen LogP contribution in [0.25, 0.3) is 44.2 Å². The fourth-order valence-corrected chi connectivity index (χ4v) is 13.2. The van der Waals surface area contributed by atoms with Gasteiger partial charge in [-0.1, -0.05) is 124 Å². The van der Waals surface area contributed by atoms with Gasteiger partial charge in [0.25, 0.3) is 0 Å². The zero-order valence-corrected chi connectivity index (χ0v) is 32.0. The third-order valence-electron chi connectivity index (χ3n) is 15.4. The van der Waals surface area contributed by atoms with Gasteiger partial charge in [0, 0.05) is 39.0 Å². The van der Waals surface area contributed by atoms with Crippen LogP contribution in [0.1, 0.15) is 99.8 Å². The topological polar surface area (TPSA) is 16.4 Å². The molecule has 2 unspecified atom stereocenters. The molecule has 1 aromatic heterocycles. The van der Waals surface area contributed by atoms with Crippen LogP contribution < -0.4 is 4.90 Å². The van der Waals surface area contributed by atoms with E-state index in [0.29, 0.717) is 11.8 Å². The second kappa shape index (κ2) is 12.0. The fraction of sp³-hybridized carbons (Fsp3) is 0.321. The lowest BCUT2D eigenvalue weighted by molar-refractivity contribution is 0.0495. The molecule has 272 valence electrons. The molecule has 2 spiro atoms. The van der Waals surface area contributed by atoms with Crippen molar-refractivity contribution in [3.05, 3.63) is 150 Å². The molecule has 5 aliphatic carbocycles. The number of hydrogen-bond donors (Lipinski definition) is 0. The van der Waals surface area contributed by atoms with Gasteiger partial charge < -0.3 is 9.32 Å². The molecule has 0 amide bonds. The Morgan fingerprint density at radius 1 is 0.564 bits per heavy atom. The van der Waals surface area contributed by atoms with Crippen LogP contribution in [0.4, 0.5) is 17.1 Å². The van der Waals surface area contributed by atoms with E-state index in [0.717, 1.165) is 17.1 Å². The van der Waals surface area contributed by atoms with Crippen molar-refractivity contribution in [3.8, 4) is 22.3 Å². The zero-order chi connectivity index (χ0) is 36.3. The van der Waals surface area contributed by atoms with Crippen LogP contribution in [0.15, 0.2) is 132 Å². The van der Waals surface area contributed by atoms with Gasteiger partial charge in [0.15, 0.2) is 0 Å². The number of para-hydroxylation sites is 1. The maximum Gasteiger partial charge on any atom is 0.137 e. The van der Waals surface area contributed by atoms with E-state index in [1.165, 1.54) is 126 Å². The molecule has 0 radical (unpaired) electrons. The third-order valence-corrected chi connectivity index (χ3v) is 15.4. The van der Waals surface area contributed by atoms with E-state index in [1.807, 2.05) is 0 Å². The van der Waals surface area contributed by atoms with Gasteiger partial charge in [0.2, 0.25) is 0 Å². The second-order valence-corrected chi connectivity index (χ2v) is 17.7. The van der Waals surface area contributed by atoms with E-state index in [4.69, 9.17) is 4.42 Å². The van der Waals surface area contributed by atoms with Crippen LogP contribution in [-0.4, -0.2) is 0 Å². The van der Waals surface area contributed by atoms with Crippen LogP contribution in [-0.2, 0) is 10.8 Å². The summed E-state index contributed by atoms with van der Waals surface area (Å²) in [4.78, 5) is 2.65. The maximum absolute atomic E-state index is 6.63. The molecule has 2 heteroatoms. The Morgan fingerprint density at radius 3 is 2.04 bits per heavy atom. The molecule has 5 aliphatic rings. The summed E-state index contributed by atoms with van der Waals surface area (Å²) in [5, 5.41) is 2.36. The molecule has 55 heavy (non-hydrogen) atoms. The lowest BCUT2D eigenvalue weighted by atomic mass is 9.48. The minimum absolute atomic E-state index is 0.0196. The molecule has 6 aromatic carbocycles. The molecule has 0 saturated heterocycles. The first-order valence-electron chi connectivity index (χ1n) is 21.4. The third kappa shape index (κ3) is 4.32. The lowest BCUT2D eigenvalue weighted by Crippen LogP contribution is -2.50. The molecule has 7 aromatic rings. The average Bonchev–Trinajstić information content (AvgIpc) is 3.83. The summed E-state index contributed by atoms with van der Waals surface area (Å²) in [6.07, 6.45) is 14.3. The zero-order valence-electron chi connectivity index (χ0n) is 32.0. The largest absolute Gasteiger partial charge is 0.456 e. The molecular formula is C53H49NO. The van der Waals surface area contributed by atoms with Crippen LogP contribution in [0.5, 0.6) is 0 Å². The highest BCUT2D eigenvalue weighted by Crippen LogP contribution is 2.68. The Labute approximate surface area is 325 Å². The molecule has 0 aliphatic heterocycles. The van der Waals surface area contributed by atoms with Gasteiger partial charge in [-0.25, -0.2) is 0 Å². The Hall–Kier alpha value is -5.08. The molecule has 2 atom stereocenters. The summed E-state index contributed by atoms with van der Waals surface area (Å²) >= 11 is 0. The number of rotatable bonds is 4. The van der Waals surface area contributed by atoms with Gasteiger partial charge in [0.05, 0.1) is 5.69 Å². The normalized spacial score (nSPS) is 24.2. The molecule has 3 saturated carbocycles. The number of fused-ring (bicyclic) bond motifs is 11. The van der Waals surface area contributed by atoms with Crippen molar-refractivity contribution in [3.63, 3.8) is 0 Å².